The molecule has 0 N–H and O–H groups in total. The van der Waals surface area contributed by atoms with Crippen LogP contribution in [0.2, 0.25) is 0 Å². The second-order valence-corrected chi connectivity index (χ2v) is 8.32. The van der Waals surface area contributed by atoms with E-state index in [-0.39, 0.29) is 11.4 Å². The number of aromatic nitrogens is 3. The first-order chi connectivity index (χ1) is 16.3. The fourth-order valence-corrected chi connectivity index (χ4v) is 3.94. The molecule has 180 valence electrons. The van der Waals surface area contributed by atoms with Crippen molar-refractivity contribution in [3.63, 3.8) is 0 Å². The third-order valence-corrected chi connectivity index (χ3v) is 5.94. The molecule has 1 saturated heterocycles. The highest BCUT2D eigenvalue weighted by Crippen LogP contribution is 2.28. The van der Waals surface area contributed by atoms with Crippen LogP contribution in [0, 0.1) is 4.77 Å². The summed E-state index contributed by atoms with van der Waals surface area (Å²) in [6.07, 6.45) is -3.37. The van der Waals surface area contributed by atoms with Crippen molar-refractivity contribution < 1.29 is 17.9 Å². The molecule has 2 aromatic carbocycles. The molecule has 4 rings (SSSR count). The highest BCUT2D eigenvalue weighted by atomic mass is 32.1. The minimum absolute atomic E-state index is 0.108. The summed E-state index contributed by atoms with van der Waals surface area (Å²) in [7, 11) is 1.54. The van der Waals surface area contributed by atoms with E-state index in [0.717, 1.165) is 19.6 Å². The molecule has 7 nitrogen and oxygen atoms in total. The Kier molecular flexibility index (Phi) is 7.44. The fourth-order valence-electron chi connectivity index (χ4n) is 3.71. The average molecular weight is 491 g/mol. The smallest absolute Gasteiger partial charge is 0.453 e. The predicted molar refractivity (Wildman–Crippen MR) is 125 cm³/mol. The van der Waals surface area contributed by atoms with Gasteiger partial charge in [-0.1, -0.05) is 30.3 Å². The van der Waals surface area contributed by atoms with E-state index in [1.807, 2.05) is 23.1 Å². The standard InChI is InChI=1S/C23H25F3N6OS/c1-33-20-9-7-18(8-10-20)15-27-32-21(23(24,25)26)28-31(22(32)34)17-30-13-11-29(12-14-30)16-19-5-3-2-4-6-19/h2-10,15H,11-14,16-17H2,1H3/b27-15+. The van der Waals surface area contributed by atoms with Gasteiger partial charge < -0.3 is 4.74 Å². The fraction of sp³-hybridized carbons (Fsp3) is 0.348. The molecular formula is C23H25F3N6OS. The Balaban J connectivity index is 1.45. The van der Waals surface area contributed by atoms with Crippen LogP contribution in [0.5, 0.6) is 5.75 Å². The van der Waals surface area contributed by atoms with Crippen LogP contribution in [-0.2, 0) is 19.4 Å². The normalized spacial score (nSPS) is 15.8. The number of benzene rings is 2. The number of ether oxygens (including phenoxy) is 1. The zero-order chi connectivity index (χ0) is 24.1. The largest absolute Gasteiger partial charge is 0.497 e. The molecule has 34 heavy (non-hydrogen) atoms. The molecule has 0 bridgehead atoms. The minimum Gasteiger partial charge on any atom is -0.497 e. The topological polar surface area (TPSA) is 50.8 Å². The van der Waals surface area contributed by atoms with Gasteiger partial charge in [-0.3, -0.25) is 9.80 Å². The minimum atomic E-state index is -4.69. The van der Waals surface area contributed by atoms with Crippen molar-refractivity contribution in [2.75, 3.05) is 33.3 Å². The number of hydrogen-bond acceptors (Lipinski definition) is 6. The number of rotatable bonds is 7. The predicted octanol–water partition coefficient (Wildman–Crippen LogP) is 4.10. The van der Waals surface area contributed by atoms with Gasteiger partial charge in [0.15, 0.2) is 0 Å². The lowest BCUT2D eigenvalue weighted by atomic mass is 10.2. The summed E-state index contributed by atoms with van der Waals surface area (Å²) in [5, 5.41) is 7.75. The monoisotopic (exact) mass is 490 g/mol. The molecule has 1 aliphatic heterocycles. The Bertz CT molecular complexity index is 1170. The van der Waals surface area contributed by atoms with E-state index in [2.05, 4.69) is 27.2 Å². The summed E-state index contributed by atoms with van der Waals surface area (Å²) in [6, 6.07) is 17.0. The lowest BCUT2D eigenvalue weighted by molar-refractivity contribution is -0.147. The number of methoxy groups -OCH3 is 1. The quantitative estimate of drug-likeness (QED) is 0.369. The summed E-state index contributed by atoms with van der Waals surface area (Å²) >= 11 is 5.31. The van der Waals surface area contributed by atoms with Gasteiger partial charge in [0.25, 0.3) is 5.82 Å². The Morgan fingerprint density at radius 3 is 2.26 bits per heavy atom. The number of halogens is 3. The van der Waals surface area contributed by atoms with Crippen LogP contribution in [-0.4, -0.2) is 63.8 Å². The lowest BCUT2D eigenvalue weighted by Gasteiger charge is -2.34. The molecule has 0 atom stereocenters. The highest BCUT2D eigenvalue weighted by molar-refractivity contribution is 7.71. The zero-order valence-electron chi connectivity index (χ0n) is 18.6. The van der Waals surface area contributed by atoms with E-state index in [1.54, 1.807) is 24.3 Å². The van der Waals surface area contributed by atoms with E-state index in [9.17, 15) is 13.2 Å². The number of alkyl halides is 3. The van der Waals surface area contributed by atoms with Crippen LogP contribution in [0.25, 0.3) is 0 Å². The molecule has 0 unspecified atom stereocenters. The van der Waals surface area contributed by atoms with Crippen LogP contribution in [0.3, 0.4) is 0 Å². The van der Waals surface area contributed by atoms with E-state index in [1.165, 1.54) is 23.6 Å². The van der Waals surface area contributed by atoms with Gasteiger partial charge in [0.1, 0.15) is 5.75 Å². The van der Waals surface area contributed by atoms with Crippen LogP contribution in [0.1, 0.15) is 17.0 Å². The van der Waals surface area contributed by atoms with Crippen LogP contribution in [0.15, 0.2) is 59.7 Å². The average Bonchev–Trinajstić information content (AvgIpc) is 3.15. The Morgan fingerprint density at radius 2 is 1.65 bits per heavy atom. The first-order valence-corrected chi connectivity index (χ1v) is 11.2. The number of hydrogen-bond donors (Lipinski definition) is 0. The second-order valence-electron chi connectivity index (χ2n) is 7.95. The first kappa shape index (κ1) is 24.1. The lowest BCUT2D eigenvalue weighted by Crippen LogP contribution is -2.46. The van der Waals surface area contributed by atoms with Crippen molar-refractivity contribution >= 4 is 18.4 Å². The molecule has 0 saturated carbocycles. The van der Waals surface area contributed by atoms with Crippen molar-refractivity contribution in [1.82, 2.24) is 24.3 Å². The first-order valence-electron chi connectivity index (χ1n) is 10.8. The summed E-state index contributed by atoms with van der Waals surface area (Å²) in [6.45, 7) is 4.05. The molecule has 3 aromatic rings. The number of nitrogens with zero attached hydrogens (tertiary/aromatic N) is 6. The Hall–Kier alpha value is -3.02. The van der Waals surface area contributed by atoms with E-state index < -0.39 is 12.0 Å². The van der Waals surface area contributed by atoms with Crippen molar-refractivity contribution in [1.29, 1.82) is 0 Å². The van der Waals surface area contributed by atoms with Crippen molar-refractivity contribution in [3.05, 3.63) is 76.3 Å². The van der Waals surface area contributed by atoms with Crippen LogP contribution < -0.4 is 4.74 Å². The van der Waals surface area contributed by atoms with Gasteiger partial charge in [0.05, 0.1) is 20.0 Å². The van der Waals surface area contributed by atoms with Gasteiger partial charge in [-0.25, -0.2) is 4.68 Å². The molecule has 2 heterocycles. The summed E-state index contributed by atoms with van der Waals surface area (Å²) < 4.78 is 47.8. The third-order valence-electron chi connectivity index (χ3n) is 5.56. The van der Waals surface area contributed by atoms with Gasteiger partial charge in [-0.05, 0) is 47.6 Å². The maximum atomic E-state index is 13.6. The highest BCUT2D eigenvalue weighted by Gasteiger charge is 2.39. The maximum Gasteiger partial charge on any atom is 0.453 e. The van der Waals surface area contributed by atoms with Gasteiger partial charge in [0, 0.05) is 32.7 Å². The van der Waals surface area contributed by atoms with E-state index in [4.69, 9.17) is 17.0 Å². The Morgan fingerprint density at radius 1 is 1.00 bits per heavy atom. The molecule has 1 fully saturated rings. The molecule has 0 spiro atoms. The van der Waals surface area contributed by atoms with Gasteiger partial charge in [-0.15, -0.1) is 5.10 Å². The maximum absolute atomic E-state index is 13.6. The van der Waals surface area contributed by atoms with Crippen LogP contribution in [0.4, 0.5) is 13.2 Å². The SMILES string of the molecule is COc1ccc(/C=N/n2c(C(F)(F)F)nn(CN3CCN(Cc4ccccc4)CC3)c2=S)cc1. The third kappa shape index (κ3) is 5.91. The molecule has 0 amide bonds. The molecule has 1 aliphatic rings. The second kappa shape index (κ2) is 10.5. The molecule has 11 heteroatoms. The Labute approximate surface area is 200 Å². The van der Waals surface area contributed by atoms with Crippen molar-refractivity contribution in [3.8, 4) is 5.75 Å². The molecule has 1 aromatic heterocycles. The van der Waals surface area contributed by atoms with E-state index >= 15 is 0 Å². The summed E-state index contributed by atoms with van der Waals surface area (Å²) in [5.41, 5.74) is 1.85. The summed E-state index contributed by atoms with van der Waals surface area (Å²) in [4.78, 5) is 4.37. The van der Waals surface area contributed by atoms with Gasteiger partial charge in [0.2, 0.25) is 4.77 Å². The van der Waals surface area contributed by atoms with Gasteiger partial charge >= 0.3 is 6.18 Å². The van der Waals surface area contributed by atoms with E-state index in [0.29, 0.717) is 29.1 Å². The number of piperazine rings is 1. The molecule has 0 aliphatic carbocycles. The molecular weight excluding hydrogens is 465 g/mol. The van der Waals surface area contributed by atoms with Gasteiger partial charge in [-0.2, -0.15) is 22.9 Å². The van der Waals surface area contributed by atoms with Crippen molar-refractivity contribution in [2.45, 2.75) is 19.4 Å². The molecule has 0 radical (unpaired) electrons. The van der Waals surface area contributed by atoms with Crippen molar-refractivity contribution in [2.24, 2.45) is 5.10 Å². The summed E-state index contributed by atoms with van der Waals surface area (Å²) in [5.74, 6) is -0.508. The zero-order valence-corrected chi connectivity index (χ0v) is 19.5. The van der Waals surface area contributed by atoms with Crippen LogP contribution >= 0.6 is 12.2 Å².